The summed E-state index contributed by atoms with van der Waals surface area (Å²) in [5.74, 6) is -0.812. The number of ether oxygens (including phenoxy) is 1. The molecule has 0 aliphatic rings. The normalized spacial score (nSPS) is 12.5. The third-order valence-electron chi connectivity index (χ3n) is 6.48. The molecule has 4 rings (SSSR count). The molecule has 0 radical (unpaired) electrons. The van der Waals surface area contributed by atoms with Crippen LogP contribution in [0.4, 0.5) is 0 Å². The molecular weight excluding hydrogens is 528 g/mol. The highest BCUT2D eigenvalue weighted by Gasteiger charge is 2.24. The van der Waals surface area contributed by atoms with Crippen molar-refractivity contribution in [3.63, 3.8) is 0 Å². The summed E-state index contributed by atoms with van der Waals surface area (Å²) in [4.78, 5) is 25.2. The van der Waals surface area contributed by atoms with Gasteiger partial charge in [-0.25, -0.2) is 18.6 Å². The SMILES string of the molecule is CCOC(=O)Cn1c(C)c(/C=N\NC(=O)C[C@@H](NS(=O)(=O)c2ccc(C)cc2)c2ccccc2)c2ccccc21. The Kier molecular flexibility index (Phi) is 9.13. The number of rotatable bonds is 11. The lowest BCUT2D eigenvalue weighted by atomic mass is 10.0. The van der Waals surface area contributed by atoms with Gasteiger partial charge in [0.2, 0.25) is 15.9 Å². The highest BCUT2D eigenvalue weighted by molar-refractivity contribution is 7.89. The van der Waals surface area contributed by atoms with Crippen molar-refractivity contribution in [2.75, 3.05) is 6.61 Å². The van der Waals surface area contributed by atoms with Gasteiger partial charge in [-0.3, -0.25) is 9.59 Å². The van der Waals surface area contributed by atoms with E-state index >= 15 is 0 Å². The van der Waals surface area contributed by atoms with Crippen molar-refractivity contribution in [1.82, 2.24) is 14.7 Å². The minimum Gasteiger partial charge on any atom is -0.465 e. The molecule has 1 amide bonds. The molecule has 0 saturated carbocycles. The first-order chi connectivity index (χ1) is 19.2. The van der Waals surface area contributed by atoms with Crippen molar-refractivity contribution in [3.05, 3.63) is 101 Å². The second kappa shape index (κ2) is 12.7. The van der Waals surface area contributed by atoms with E-state index in [9.17, 15) is 18.0 Å². The maximum atomic E-state index is 13.1. The summed E-state index contributed by atoms with van der Waals surface area (Å²) in [6.45, 7) is 5.85. The van der Waals surface area contributed by atoms with E-state index in [1.807, 2.05) is 48.7 Å². The summed E-state index contributed by atoms with van der Waals surface area (Å²) < 4.78 is 35.8. The van der Waals surface area contributed by atoms with E-state index in [0.29, 0.717) is 12.2 Å². The van der Waals surface area contributed by atoms with E-state index in [0.717, 1.165) is 27.7 Å². The number of aryl methyl sites for hydroxylation is 1. The monoisotopic (exact) mass is 560 g/mol. The molecule has 208 valence electrons. The van der Waals surface area contributed by atoms with Gasteiger partial charge in [-0.05, 0) is 44.5 Å². The van der Waals surface area contributed by atoms with Gasteiger partial charge in [0.1, 0.15) is 6.54 Å². The van der Waals surface area contributed by atoms with E-state index in [1.165, 1.54) is 18.3 Å². The zero-order valence-corrected chi connectivity index (χ0v) is 23.4. The standard InChI is InChI=1S/C30H32N4O5S/c1-4-39-30(36)20-34-22(3)26(25-12-8-9-13-28(25)34)19-31-32-29(35)18-27(23-10-6-5-7-11-23)33-40(37,38)24-16-14-21(2)15-17-24/h5-17,19,27,33H,4,18,20H2,1-3H3,(H,32,35)/b31-19-/t27-/m1/s1. The van der Waals surface area contributed by atoms with Crippen LogP contribution in [0, 0.1) is 13.8 Å². The number of carbonyl (C=O) groups is 2. The number of carbonyl (C=O) groups excluding carboxylic acids is 2. The third-order valence-corrected chi connectivity index (χ3v) is 7.96. The average molecular weight is 561 g/mol. The lowest BCUT2D eigenvalue weighted by molar-refractivity contribution is -0.143. The second-order valence-corrected chi connectivity index (χ2v) is 11.0. The Bertz CT molecular complexity index is 1630. The van der Waals surface area contributed by atoms with Crippen molar-refractivity contribution < 1.29 is 22.7 Å². The maximum absolute atomic E-state index is 13.1. The Labute approximate surface area is 233 Å². The molecule has 0 spiro atoms. The van der Waals surface area contributed by atoms with E-state index in [1.54, 1.807) is 43.3 Å². The van der Waals surface area contributed by atoms with Crippen LogP contribution in [-0.2, 0) is 30.9 Å². The smallest absolute Gasteiger partial charge is 0.325 e. The molecule has 0 aliphatic heterocycles. The number of benzene rings is 3. The van der Waals surface area contributed by atoms with Crippen LogP contribution in [0.3, 0.4) is 0 Å². The molecule has 1 atom stereocenters. The summed E-state index contributed by atoms with van der Waals surface area (Å²) in [7, 11) is -3.88. The number of sulfonamides is 1. The van der Waals surface area contributed by atoms with Crippen molar-refractivity contribution in [1.29, 1.82) is 0 Å². The van der Waals surface area contributed by atoms with Gasteiger partial charge >= 0.3 is 5.97 Å². The van der Waals surface area contributed by atoms with Gasteiger partial charge in [-0.1, -0.05) is 66.2 Å². The summed E-state index contributed by atoms with van der Waals surface area (Å²) in [5, 5.41) is 5.03. The van der Waals surface area contributed by atoms with Crippen LogP contribution in [-0.4, -0.2) is 37.7 Å². The third kappa shape index (κ3) is 6.83. The topological polar surface area (TPSA) is 119 Å². The van der Waals surface area contributed by atoms with Gasteiger partial charge in [-0.15, -0.1) is 0 Å². The van der Waals surface area contributed by atoms with Crippen LogP contribution in [0.1, 0.15) is 41.8 Å². The molecule has 10 heteroatoms. The van der Waals surface area contributed by atoms with Crippen LogP contribution < -0.4 is 10.1 Å². The van der Waals surface area contributed by atoms with Crippen molar-refractivity contribution in [2.45, 2.75) is 44.7 Å². The number of aromatic nitrogens is 1. The van der Waals surface area contributed by atoms with Crippen LogP contribution in [0.2, 0.25) is 0 Å². The second-order valence-electron chi connectivity index (χ2n) is 9.30. The molecule has 4 aromatic rings. The number of hydrogen-bond donors (Lipinski definition) is 2. The Balaban J connectivity index is 1.52. The fourth-order valence-electron chi connectivity index (χ4n) is 4.45. The van der Waals surface area contributed by atoms with Crippen molar-refractivity contribution in [3.8, 4) is 0 Å². The first kappa shape index (κ1) is 28.7. The molecule has 2 N–H and O–H groups in total. The molecule has 0 fully saturated rings. The molecular formula is C30H32N4O5S. The fourth-order valence-corrected chi connectivity index (χ4v) is 5.67. The number of amides is 1. The summed E-state index contributed by atoms with van der Waals surface area (Å²) in [6.07, 6.45) is 1.36. The summed E-state index contributed by atoms with van der Waals surface area (Å²) in [5.41, 5.74) is 6.49. The van der Waals surface area contributed by atoms with E-state index in [-0.39, 0.29) is 23.8 Å². The molecule has 1 heterocycles. The van der Waals surface area contributed by atoms with E-state index < -0.39 is 22.0 Å². The first-order valence-corrected chi connectivity index (χ1v) is 14.4. The lowest BCUT2D eigenvalue weighted by Gasteiger charge is -2.18. The summed E-state index contributed by atoms with van der Waals surface area (Å²) in [6, 6.07) is 22.2. The maximum Gasteiger partial charge on any atom is 0.325 e. The van der Waals surface area contributed by atoms with Gasteiger partial charge in [0.25, 0.3) is 0 Å². The Morgan fingerprint density at radius 3 is 2.35 bits per heavy atom. The molecule has 0 aliphatic carbocycles. The van der Waals surface area contributed by atoms with Crippen molar-refractivity contribution >= 4 is 39.0 Å². The lowest BCUT2D eigenvalue weighted by Crippen LogP contribution is -2.32. The minimum atomic E-state index is -3.88. The molecule has 1 aromatic heterocycles. The fraction of sp³-hybridized carbons (Fsp3) is 0.233. The number of nitrogens with one attached hydrogen (secondary N) is 2. The van der Waals surface area contributed by atoms with Crippen LogP contribution in [0.25, 0.3) is 10.9 Å². The number of nitrogens with zero attached hydrogens (tertiary/aromatic N) is 2. The molecule has 9 nitrogen and oxygen atoms in total. The number of esters is 1. The number of hydrazone groups is 1. The highest BCUT2D eigenvalue weighted by Crippen LogP contribution is 2.25. The molecule has 0 bridgehead atoms. The Morgan fingerprint density at radius 2 is 1.65 bits per heavy atom. The number of fused-ring (bicyclic) bond motifs is 1. The molecule has 0 unspecified atom stereocenters. The van der Waals surface area contributed by atoms with E-state index in [2.05, 4.69) is 15.2 Å². The van der Waals surface area contributed by atoms with Gasteiger partial charge in [-0.2, -0.15) is 5.10 Å². The number of hydrogen-bond acceptors (Lipinski definition) is 6. The van der Waals surface area contributed by atoms with Gasteiger partial charge in [0, 0.05) is 28.6 Å². The van der Waals surface area contributed by atoms with Crippen molar-refractivity contribution in [2.24, 2.45) is 5.10 Å². The van der Waals surface area contributed by atoms with Crippen LogP contribution in [0.5, 0.6) is 0 Å². The van der Waals surface area contributed by atoms with Crippen LogP contribution in [0.15, 0.2) is 88.9 Å². The average Bonchev–Trinajstić information content (AvgIpc) is 3.19. The zero-order valence-electron chi connectivity index (χ0n) is 22.6. The van der Waals surface area contributed by atoms with Crippen LogP contribution >= 0.6 is 0 Å². The predicted octanol–water partition coefficient (Wildman–Crippen LogP) is 4.38. The highest BCUT2D eigenvalue weighted by atomic mass is 32.2. The first-order valence-electron chi connectivity index (χ1n) is 12.9. The quantitative estimate of drug-likeness (QED) is 0.160. The molecule has 40 heavy (non-hydrogen) atoms. The van der Waals surface area contributed by atoms with Gasteiger partial charge < -0.3 is 9.30 Å². The largest absolute Gasteiger partial charge is 0.465 e. The van der Waals surface area contributed by atoms with Gasteiger partial charge in [0.05, 0.1) is 23.8 Å². The van der Waals surface area contributed by atoms with E-state index in [4.69, 9.17) is 4.74 Å². The molecule has 0 saturated heterocycles. The predicted molar refractivity (Wildman–Crippen MR) is 154 cm³/mol. The number of para-hydroxylation sites is 1. The zero-order chi connectivity index (χ0) is 28.7. The van der Waals surface area contributed by atoms with Gasteiger partial charge in [0.15, 0.2) is 0 Å². The molecule has 3 aromatic carbocycles. The Morgan fingerprint density at radius 1 is 0.975 bits per heavy atom. The summed E-state index contributed by atoms with van der Waals surface area (Å²) >= 11 is 0. The Hall–Kier alpha value is -4.28. The minimum absolute atomic E-state index is 0.0558.